The van der Waals surface area contributed by atoms with Crippen molar-refractivity contribution in [1.29, 1.82) is 0 Å². The number of amides is 2. The molecule has 0 saturated carbocycles. The number of nitrogens with zero attached hydrogens (tertiary/aromatic N) is 1. The molecule has 11 heteroatoms. The van der Waals surface area contributed by atoms with E-state index < -0.39 is 65.0 Å². The van der Waals surface area contributed by atoms with E-state index in [4.69, 9.17) is 9.68 Å². The molecule has 0 spiro atoms. The van der Waals surface area contributed by atoms with E-state index in [1.165, 1.54) is 0 Å². The fourth-order valence-corrected chi connectivity index (χ4v) is 2.85. The minimum absolute atomic E-state index is 0.00474. The maximum Gasteiger partial charge on any atom is 0.245 e. The summed E-state index contributed by atoms with van der Waals surface area (Å²) < 4.78 is 69.0. The van der Waals surface area contributed by atoms with Crippen LogP contribution in [0.15, 0.2) is 30.3 Å². The van der Waals surface area contributed by atoms with Gasteiger partial charge in [-0.05, 0) is 26.3 Å². The lowest BCUT2D eigenvalue weighted by Gasteiger charge is -2.33. The molecule has 0 heterocycles. The van der Waals surface area contributed by atoms with E-state index in [2.05, 4.69) is 5.48 Å². The summed E-state index contributed by atoms with van der Waals surface area (Å²) in [6.45, 7) is 4.68. The van der Waals surface area contributed by atoms with E-state index in [1.54, 1.807) is 51.1 Å². The smallest absolute Gasteiger partial charge is 0.245 e. The molecule has 180 valence electrons. The second-order valence-electron chi connectivity index (χ2n) is 8.08. The highest BCUT2D eigenvalue weighted by molar-refractivity contribution is 5.75. The number of hydrogen-bond acceptors (Lipinski definition) is 4. The van der Waals surface area contributed by atoms with Crippen LogP contribution in [-0.4, -0.2) is 29.0 Å². The van der Waals surface area contributed by atoms with Gasteiger partial charge in [0.25, 0.3) is 0 Å². The molecular weight excluding hydrogens is 451 g/mol. The summed E-state index contributed by atoms with van der Waals surface area (Å²) >= 11 is 0. The Hall–Kier alpha value is -3.05. The molecule has 0 aliphatic heterocycles. The Morgan fingerprint density at radius 3 is 2.06 bits per heavy atom. The molecule has 2 aromatic carbocycles. The van der Waals surface area contributed by atoms with Crippen LogP contribution in [0.1, 0.15) is 38.3 Å². The molecule has 0 fully saturated rings. The number of nitrogens with one attached hydrogen (secondary N) is 1. The summed E-state index contributed by atoms with van der Waals surface area (Å²) in [6.07, 6.45) is -1.37. The molecule has 1 N–H and O–H groups in total. The summed E-state index contributed by atoms with van der Waals surface area (Å²) in [6, 6.07) is 7.36. The third kappa shape index (κ3) is 7.22. The van der Waals surface area contributed by atoms with Crippen molar-refractivity contribution in [2.24, 2.45) is 0 Å². The van der Waals surface area contributed by atoms with Crippen LogP contribution in [0.2, 0.25) is 0 Å². The largest absolute Gasteiger partial charge is 0.276 e. The van der Waals surface area contributed by atoms with Gasteiger partial charge in [-0.25, -0.2) is 32.5 Å². The van der Waals surface area contributed by atoms with Crippen molar-refractivity contribution in [2.75, 3.05) is 0 Å². The van der Waals surface area contributed by atoms with Gasteiger partial charge in [0.2, 0.25) is 18.1 Å². The van der Waals surface area contributed by atoms with E-state index in [0.717, 1.165) is 5.56 Å². The van der Waals surface area contributed by atoms with Gasteiger partial charge in [0.15, 0.2) is 23.3 Å². The summed E-state index contributed by atoms with van der Waals surface area (Å²) in [7, 11) is 0. The van der Waals surface area contributed by atoms with Crippen molar-refractivity contribution < 1.29 is 41.2 Å². The first-order valence-electron chi connectivity index (χ1n) is 9.82. The fourth-order valence-electron chi connectivity index (χ4n) is 2.85. The Labute approximate surface area is 187 Å². The summed E-state index contributed by atoms with van der Waals surface area (Å²) in [5.41, 5.74) is 0.697. The Bertz CT molecular complexity index is 954. The summed E-state index contributed by atoms with van der Waals surface area (Å²) in [5.74, 6) is -11.5. The maximum atomic E-state index is 14.2. The van der Waals surface area contributed by atoms with Crippen LogP contribution in [0.25, 0.3) is 0 Å². The molecule has 0 radical (unpaired) electrons. The molecule has 0 aliphatic carbocycles. The number of carbonyl (C=O) groups is 2. The SMILES string of the molecule is CC(C)(C)ON(C=O)[C@@H](CC(=O)NOCc1ccccc1)Cc1c(F)c(F)c(F)c(F)c1F. The molecule has 0 aliphatic rings. The number of halogens is 5. The van der Waals surface area contributed by atoms with E-state index >= 15 is 0 Å². The van der Waals surface area contributed by atoms with Gasteiger partial charge < -0.3 is 0 Å². The molecule has 2 aromatic rings. The molecule has 0 saturated heterocycles. The van der Waals surface area contributed by atoms with Gasteiger partial charge in [0, 0.05) is 12.0 Å². The predicted molar refractivity (Wildman–Crippen MR) is 106 cm³/mol. The lowest BCUT2D eigenvalue weighted by Crippen LogP contribution is -2.44. The third-order valence-electron chi connectivity index (χ3n) is 4.27. The summed E-state index contributed by atoms with van der Waals surface area (Å²) in [5, 5.41) is 0.606. The second kappa shape index (κ2) is 11.2. The van der Waals surface area contributed by atoms with Gasteiger partial charge in [0.1, 0.15) is 0 Å². The van der Waals surface area contributed by atoms with Crippen molar-refractivity contribution in [3.63, 3.8) is 0 Å². The average molecular weight is 474 g/mol. The quantitative estimate of drug-likeness (QED) is 0.185. The van der Waals surface area contributed by atoms with E-state index in [1.807, 2.05) is 0 Å². The minimum atomic E-state index is -2.31. The highest BCUT2D eigenvalue weighted by Gasteiger charge is 2.32. The maximum absolute atomic E-state index is 14.2. The topological polar surface area (TPSA) is 67.9 Å². The highest BCUT2D eigenvalue weighted by atomic mass is 19.2. The van der Waals surface area contributed by atoms with Crippen LogP contribution in [-0.2, 0) is 32.3 Å². The van der Waals surface area contributed by atoms with Crippen LogP contribution in [0.3, 0.4) is 0 Å². The van der Waals surface area contributed by atoms with Gasteiger partial charge in [-0.15, -0.1) is 0 Å². The standard InChI is InChI=1S/C22H23F5N2O4/c1-22(2,3)33-29(12-30)14(9-15-17(23)19(25)21(27)20(26)18(15)24)10-16(31)28-32-11-13-7-5-4-6-8-13/h4-8,12,14H,9-11H2,1-3H3,(H,28,31)/t14-/m1/s1. The summed E-state index contributed by atoms with van der Waals surface area (Å²) in [4.78, 5) is 34.4. The molecule has 0 aromatic heterocycles. The van der Waals surface area contributed by atoms with Crippen molar-refractivity contribution in [3.05, 3.63) is 70.5 Å². The molecular formula is C22H23F5N2O4. The van der Waals surface area contributed by atoms with Gasteiger partial charge in [-0.2, -0.15) is 0 Å². The molecule has 2 rings (SSSR count). The fraction of sp³-hybridized carbons (Fsp3) is 0.364. The lowest BCUT2D eigenvalue weighted by molar-refractivity contribution is -0.233. The lowest BCUT2D eigenvalue weighted by atomic mass is 10.0. The van der Waals surface area contributed by atoms with Crippen LogP contribution >= 0.6 is 0 Å². The highest BCUT2D eigenvalue weighted by Crippen LogP contribution is 2.26. The molecule has 0 unspecified atom stereocenters. The monoisotopic (exact) mass is 474 g/mol. The molecule has 6 nitrogen and oxygen atoms in total. The van der Waals surface area contributed by atoms with Gasteiger partial charge in [0.05, 0.1) is 24.7 Å². The first-order chi connectivity index (χ1) is 15.4. The number of benzene rings is 2. The molecule has 1 atom stereocenters. The van der Waals surface area contributed by atoms with Crippen molar-refractivity contribution in [1.82, 2.24) is 10.5 Å². The zero-order chi connectivity index (χ0) is 24.8. The number of hydroxylamine groups is 3. The van der Waals surface area contributed by atoms with E-state index in [-0.39, 0.29) is 13.0 Å². The van der Waals surface area contributed by atoms with E-state index in [0.29, 0.717) is 5.06 Å². The van der Waals surface area contributed by atoms with Gasteiger partial charge >= 0.3 is 0 Å². The van der Waals surface area contributed by atoms with Crippen LogP contribution in [0.4, 0.5) is 22.0 Å². The minimum Gasteiger partial charge on any atom is -0.276 e. The van der Waals surface area contributed by atoms with E-state index in [9.17, 15) is 31.5 Å². The average Bonchev–Trinajstić information content (AvgIpc) is 2.77. The third-order valence-corrected chi connectivity index (χ3v) is 4.27. The van der Waals surface area contributed by atoms with Crippen LogP contribution in [0, 0.1) is 29.1 Å². The Morgan fingerprint density at radius 2 is 1.55 bits per heavy atom. The van der Waals surface area contributed by atoms with Crippen LogP contribution < -0.4 is 5.48 Å². The second-order valence-corrected chi connectivity index (χ2v) is 8.08. The first kappa shape index (κ1) is 26.2. The number of rotatable bonds is 10. The van der Waals surface area contributed by atoms with Crippen molar-refractivity contribution in [3.8, 4) is 0 Å². The Kier molecular flexibility index (Phi) is 8.89. The number of hydrogen-bond donors (Lipinski definition) is 1. The normalized spacial score (nSPS) is 12.4. The van der Waals surface area contributed by atoms with Crippen molar-refractivity contribution in [2.45, 2.75) is 51.9 Å². The van der Waals surface area contributed by atoms with Gasteiger partial charge in [-0.3, -0.25) is 19.3 Å². The van der Waals surface area contributed by atoms with Crippen molar-refractivity contribution >= 4 is 12.3 Å². The zero-order valence-corrected chi connectivity index (χ0v) is 18.1. The Morgan fingerprint density at radius 1 is 1.00 bits per heavy atom. The number of carbonyl (C=O) groups excluding carboxylic acids is 2. The molecule has 33 heavy (non-hydrogen) atoms. The molecule has 0 bridgehead atoms. The zero-order valence-electron chi connectivity index (χ0n) is 18.1. The Balaban J connectivity index is 2.23. The predicted octanol–water partition coefficient (Wildman–Crippen LogP) is 4.12. The first-order valence-corrected chi connectivity index (χ1v) is 9.82. The van der Waals surface area contributed by atoms with Gasteiger partial charge in [-0.1, -0.05) is 30.3 Å². The molecule has 2 amide bonds. The van der Waals surface area contributed by atoms with Crippen LogP contribution in [0.5, 0.6) is 0 Å².